The zero-order chi connectivity index (χ0) is 21.7. The van der Waals surface area contributed by atoms with Crippen LogP contribution in [0.5, 0.6) is 0 Å². The largest absolute Gasteiger partial charge is 0.550 e. The number of ether oxygens (including phenoxy) is 1. The predicted octanol–water partition coefficient (Wildman–Crippen LogP) is 4.08. The Labute approximate surface area is 178 Å². The summed E-state index contributed by atoms with van der Waals surface area (Å²) in [7, 11) is 5.85. The second kappa shape index (κ2) is 14.0. The maximum atomic E-state index is 12.0. The van der Waals surface area contributed by atoms with Gasteiger partial charge in [-0.15, -0.1) is 0 Å². The zero-order valence-corrected chi connectivity index (χ0v) is 19.4. The van der Waals surface area contributed by atoms with Crippen LogP contribution in [0.25, 0.3) is 0 Å². The van der Waals surface area contributed by atoms with E-state index in [-0.39, 0.29) is 12.4 Å². The number of esters is 1. The number of carboxylic acid groups (broad SMARTS) is 1. The minimum Gasteiger partial charge on any atom is -0.550 e. The van der Waals surface area contributed by atoms with E-state index < -0.39 is 12.1 Å². The van der Waals surface area contributed by atoms with Gasteiger partial charge in [0.1, 0.15) is 6.54 Å². The van der Waals surface area contributed by atoms with Gasteiger partial charge in [0.2, 0.25) is 0 Å². The van der Waals surface area contributed by atoms with Crippen molar-refractivity contribution in [3.05, 3.63) is 0 Å². The van der Waals surface area contributed by atoms with E-state index in [1.54, 1.807) is 0 Å². The summed E-state index contributed by atoms with van der Waals surface area (Å²) in [5.74, 6) is 0.555. The molecule has 0 amide bonds. The average molecular weight is 412 g/mol. The quantitative estimate of drug-likeness (QED) is 0.194. The summed E-state index contributed by atoms with van der Waals surface area (Å²) in [4.78, 5) is 22.9. The smallest absolute Gasteiger partial charge is 0.306 e. The van der Waals surface area contributed by atoms with Crippen LogP contribution < -0.4 is 5.11 Å². The highest BCUT2D eigenvalue weighted by molar-refractivity contribution is 5.70. The maximum Gasteiger partial charge on any atom is 0.306 e. The van der Waals surface area contributed by atoms with Gasteiger partial charge in [-0.2, -0.15) is 0 Å². The zero-order valence-electron chi connectivity index (χ0n) is 19.4. The van der Waals surface area contributed by atoms with Crippen molar-refractivity contribution >= 4 is 11.9 Å². The summed E-state index contributed by atoms with van der Waals surface area (Å²) >= 11 is 0. The van der Waals surface area contributed by atoms with Gasteiger partial charge in [0.25, 0.3) is 0 Å². The number of aliphatic carboxylic acids is 1. The molecule has 3 atom stereocenters. The summed E-state index contributed by atoms with van der Waals surface area (Å²) in [6, 6.07) is 0. The minimum atomic E-state index is -1.17. The van der Waals surface area contributed by atoms with Crippen LogP contribution in [0.4, 0.5) is 0 Å². The minimum absolute atomic E-state index is 0.234. The van der Waals surface area contributed by atoms with Crippen molar-refractivity contribution < 1.29 is 23.9 Å². The molecule has 1 rings (SSSR count). The number of likely N-dealkylation sites (N-methyl/N-ethyl adjacent to an activating group) is 1. The van der Waals surface area contributed by atoms with Crippen molar-refractivity contribution in [2.24, 2.45) is 11.8 Å². The van der Waals surface area contributed by atoms with Gasteiger partial charge < -0.3 is 19.1 Å². The molecule has 1 aliphatic rings. The lowest BCUT2D eigenvalue weighted by atomic mass is 10.0. The lowest BCUT2D eigenvalue weighted by molar-refractivity contribution is -0.873. The van der Waals surface area contributed by atoms with Crippen LogP contribution in [0, 0.1) is 11.8 Å². The number of quaternary nitrogens is 1. The number of hydrogen-bond acceptors (Lipinski definition) is 4. The normalized spacial score (nSPS) is 19.7. The molecule has 0 aromatic rings. The third-order valence-electron chi connectivity index (χ3n) is 5.90. The van der Waals surface area contributed by atoms with Gasteiger partial charge in [0.05, 0.1) is 21.1 Å². The van der Waals surface area contributed by atoms with Crippen molar-refractivity contribution in [1.82, 2.24) is 0 Å². The van der Waals surface area contributed by atoms with Crippen LogP contribution in [0.3, 0.4) is 0 Å². The Morgan fingerprint density at radius 3 is 2.03 bits per heavy atom. The summed E-state index contributed by atoms with van der Waals surface area (Å²) in [5, 5.41) is 10.9. The third-order valence-corrected chi connectivity index (χ3v) is 5.90. The summed E-state index contributed by atoms with van der Waals surface area (Å²) < 4.78 is 5.94. The Morgan fingerprint density at radius 1 is 0.931 bits per heavy atom. The summed E-state index contributed by atoms with van der Waals surface area (Å²) in [5.41, 5.74) is 0. The fourth-order valence-electron chi connectivity index (χ4n) is 4.24. The number of hydrogen-bond donors (Lipinski definition) is 0. The number of carbonyl (C=O) groups excluding carboxylic acids is 2. The van der Waals surface area contributed by atoms with Gasteiger partial charge in [-0.05, 0) is 24.7 Å². The highest BCUT2D eigenvalue weighted by Crippen LogP contribution is 2.45. The number of carbonyl (C=O) groups is 2. The molecule has 170 valence electrons. The van der Waals surface area contributed by atoms with Crippen LogP contribution in [0.15, 0.2) is 0 Å². The molecule has 0 spiro atoms. The molecular formula is C24H45NO4. The van der Waals surface area contributed by atoms with E-state index in [4.69, 9.17) is 4.74 Å². The molecule has 0 aromatic heterocycles. The molecule has 1 unspecified atom stereocenters. The Morgan fingerprint density at radius 2 is 1.48 bits per heavy atom. The SMILES string of the molecule is CCCCCC[C@H]1C[C@H]1CCCCCCCC(=O)OC(CC(=O)[O-])C[N+](C)(C)C. The molecule has 0 aliphatic heterocycles. The monoisotopic (exact) mass is 411 g/mol. The van der Waals surface area contributed by atoms with E-state index in [2.05, 4.69) is 6.92 Å². The van der Waals surface area contributed by atoms with Crippen molar-refractivity contribution in [2.45, 2.75) is 103 Å². The summed E-state index contributed by atoms with van der Waals surface area (Å²) in [6.45, 7) is 2.74. The van der Waals surface area contributed by atoms with Crippen molar-refractivity contribution in [3.8, 4) is 0 Å². The molecule has 1 fully saturated rings. The van der Waals surface area contributed by atoms with E-state index in [0.29, 0.717) is 17.4 Å². The first kappa shape index (κ1) is 25.9. The summed E-state index contributed by atoms with van der Waals surface area (Å²) in [6.07, 6.45) is 15.0. The van der Waals surface area contributed by atoms with Crippen molar-refractivity contribution in [3.63, 3.8) is 0 Å². The molecule has 0 saturated heterocycles. The molecule has 1 saturated carbocycles. The van der Waals surface area contributed by atoms with Crippen molar-refractivity contribution in [1.29, 1.82) is 0 Å². The lowest BCUT2D eigenvalue weighted by Crippen LogP contribution is -2.45. The number of rotatable bonds is 18. The van der Waals surface area contributed by atoms with Gasteiger partial charge in [-0.25, -0.2) is 0 Å². The van der Waals surface area contributed by atoms with Crippen LogP contribution in [0.1, 0.15) is 96.8 Å². The molecule has 29 heavy (non-hydrogen) atoms. The van der Waals surface area contributed by atoms with Crippen LogP contribution in [-0.2, 0) is 14.3 Å². The molecule has 0 bridgehead atoms. The van der Waals surface area contributed by atoms with E-state index in [1.165, 1.54) is 64.2 Å². The first-order chi connectivity index (χ1) is 13.7. The fourth-order valence-corrected chi connectivity index (χ4v) is 4.24. The van der Waals surface area contributed by atoms with Gasteiger partial charge in [-0.1, -0.05) is 71.1 Å². The predicted molar refractivity (Wildman–Crippen MR) is 115 cm³/mol. The van der Waals surface area contributed by atoms with Gasteiger partial charge in [-0.3, -0.25) is 4.79 Å². The van der Waals surface area contributed by atoms with Gasteiger partial charge in [0.15, 0.2) is 6.10 Å². The second-order valence-electron chi connectivity index (χ2n) is 10.1. The standard InChI is InChI=1S/C24H45NO4/c1-5-6-7-11-14-20-17-21(20)15-12-9-8-10-13-16-24(28)29-22(18-23(26)27)19-25(2,3)4/h20-22H,5-19H2,1-4H3/t20-,21+,22?/m0/s1. The van der Waals surface area contributed by atoms with Gasteiger partial charge >= 0.3 is 5.97 Å². The van der Waals surface area contributed by atoms with E-state index in [0.717, 1.165) is 24.7 Å². The lowest BCUT2D eigenvalue weighted by Gasteiger charge is -2.29. The molecule has 5 heteroatoms. The molecular weight excluding hydrogens is 366 g/mol. The molecule has 0 heterocycles. The molecule has 5 nitrogen and oxygen atoms in total. The average Bonchev–Trinajstić information content (AvgIpc) is 3.34. The Hall–Kier alpha value is -1.10. The molecule has 1 aliphatic carbocycles. The number of nitrogens with zero attached hydrogens (tertiary/aromatic N) is 1. The number of carboxylic acids is 1. The fraction of sp³-hybridized carbons (Fsp3) is 0.917. The highest BCUT2D eigenvalue weighted by Gasteiger charge is 2.34. The van der Waals surface area contributed by atoms with Crippen LogP contribution in [0.2, 0.25) is 0 Å². The number of unbranched alkanes of at least 4 members (excludes halogenated alkanes) is 7. The van der Waals surface area contributed by atoms with Crippen molar-refractivity contribution in [2.75, 3.05) is 27.7 Å². The highest BCUT2D eigenvalue weighted by atomic mass is 16.5. The third kappa shape index (κ3) is 14.5. The van der Waals surface area contributed by atoms with E-state index in [1.807, 2.05) is 21.1 Å². The topological polar surface area (TPSA) is 66.4 Å². The molecule has 0 radical (unpaired) electrons. The first-order valence-corrected chi connectivity index (χ1v) is 11.9. The van der Waals surface area contributed by atoms with Crippen LogP contribution >= 0.6 is 0 Å². The van der Waals surface area contributed by atoms with Crippen LogP contribution in [-0.4, -0.2) is 50.2 Å². The van der Waals surface area contributed by atoms with E-state index in [9.17, 15) is 14.7 Å². The van der Waals surface area contributed by atoms with Gasteiger partial charge in [0, 0.05) is 18.8 Å². The Bertz CT molecular complexity index is 472. The second-order valence-corrected chi connectivity index (χ2v) is 10.1. The molecule has 0 N–H and O–H groups in total. The Kier molecular flexibility index (Phi) is 12.5. The maximum absolute atomic E-state index is 12.0. The van der Waals surface area contributed by atoms with E-state index >= 15 is 0 Å². The first-order valence-electron chi connectivity index (χ1n) is 11.9. The molecule has 0 aromatic carbocycles. The Balaban J connectivity index is 2.01.